The third-order valence-electron chi connectivity index (χ3n) is 4.79. The molecule has 2 aromatic carbocycles. The van der Waals surface area contributed by atoms with Crippen LogP contribution in [0.1, 0.15) is 52.1 Å². The Morgan fingerprint density at radius 1 is 1.04 bits per heavy atom. The van der Waals surface area contributed by atoms with Crippen molar-refractivity contribution in [2.75, 3.05) is 12.4 Å². The second-order valence-corrected chi connectivity index (χ2v) is 6.66. The maximum absolute atomic E-state index is 12.7. The molecule has 0 aliphatic carbocycles. The van der Waals surface area contributed by atoms with Crippen LogP contribution in [0.15, 0.2) is 71.1 Å². The van der Waals surface area contributed by atoms with Crippen molar-refractivity contribution in [2.45, 2.75) is 26.3 Å². The Hall–Kier alpha value is -3.34. The number of aryl methyl sites for hydroxylation is 1. The van der Waals surface area contributed by atoms with Crippen LogP contribution in [-0.2, 0) is 6.42 Å². The first-order valence-corrected chi connectivity index (χ1v) is 9.31. The average Bonchev–Trinajstić information content (AvgIpc) is 3.22. The van der Waals surface area contributed by atoms with Crippen LogP contribution in [0.3, 0.4) is 0 Å². The van der Waals surface area contributed by atoms with Gasteiger partial charge in [-0.15, -0.1) is 0 Å². The molecule has 1 unspecified atom stereocenters. The average molecular weight is 376 g/mol. The summed E-state index contributed by atoms with van der Waals surface area (Å²) >= 11 is 0. The third-order valence-corrected chi connectivity index (χ3v) is 4.79. The van der Waals surface area contributed by atoms with E-state index in [1.54, 1.807) is 30.1 Å². The zero-order valence-electron chi connectivity index (χ0n) is 16.3. The summed E-state index contributed by atoms with van der Waals surface area (Å²) in [6, 6.07) is 19.9. The minimum atomic E-state index is -0.184. The fourth-order valence-electron chi connectivity index (χ4n) is 2.93. The van der Waals surface area contributed by atoms with Gasteiger partial charge in [0.2, 0.25) is 0 Å². The number of anilines is 1. The molecule has 1 N–H and O–H groups in total. The van der Waals surface area contributed by atoms with Gasteiger partial charge in [-0.3, -0.25) is 9.59 Å². The van der Waals surface area contributed by atoms with Crippen LogP contribution in [0.2, 0.25) is 0 Å². The first-order chi connectivity index (χ1) is 13.5. The third kappa shape index (κ3) is 4.31. The summed E-state index contributed by atoms with van der Waals surface area (Å²) in [7, 11) is 1.75. The molecule has 1 heterocycles. The standard InChI is InChI=1S/C23H24N2O3/c1-4-20-13-14-21(28-20)23(27)25(3)16(2)18-11-8-12-19(15-18)24-22(26)17-9-6-5-7-10-17/h5-16H,4H2,1-3H3,(H,24,26). The largest absolute Gasteiger partial charge is 0.456 e. The van der Waals surface area contributed by atoms with E-state index in [2.05, 4.69) is 5.32 Å². The minimum absolute atomic E-state index is 0.169. The zero-order chi connectivity index (χ0) is 20.1. The molecule has 0 aliphatic heterocycles. The van der Waals surface area contributed by atoms with Crippen molar-refractivity contribution in [1.82, 2.24) is 4.90 Å². The molecule has 0 saturated carbocycles. The van der Waals surface area contributed by atoms with Gasteiger partial charge in [0.15, 0.2) is 5.76 Å². The molecule has 0 saturated heterocycles. The molecule has 0 fully saturated rings. The normalized spacial score (nSPS) is 11.7. The van der Waals surface area contributed by atoms with Gasteiger partial charge in [0, 0.05) is 24.7 Å². The lowest BCUT2D eigenvalue weighted by atomic mass is 10.1. The Bertz CT molecular complexity index is 963. The lowest BCUT2D eigenvalue weighted by molar-refractivity contribution is 0.0708. The van der Waals surface area contributed by atoms with E-state index in [0.29, 0.717) is 17.0 Å². The number of carbonyl (C=O) groups is 2. The number of rotatable bonds is 6. The molecule has 2 amide bonds. The molecule has 5 heteroatoms. The van der Waals surface area contributed by atoms with Gasteiger partial charge in [-0.25, -0.2) is 0 Å². The Labute approximate surface area is 165 Å². The zero-order valence-corrected chi connectivity index (χ0v) is 16.3. The summed E-state index contributed by atoms with van der Waals surface area (Å²) in [5.74, 6) is 0.776. The number of hydrogen-bond donors (Lipinski definition) is 1. The molecular weight excluding hydrogens is 352 g/mol. The van der Waals surface area contributed by atoms with Crippen molar-refractivity contribution >= 4 is 17.5 Å². The first-order valence-electron chi connectivity index (χ1n) is 9.31. The number of furan rings is 1. The van der Waals surface area contributed by atoms with Crippen molar-refractivity contribution in [3.63, 3.8) is 0 Å². The number of carbonyl (C=O) groups excluding carboxylic acids is 2. The fraction of sp³-hybridized carbons (Fsp3) is 0.217. The van der Waals surface area contributed by atoms with E-state index in [1.165, 1.54) is 0 Å². The van der Waals surface area contributed by atoms with E-state index in [9.17, 15) is 9.59 Å². The molecule has 0 radical (unpaired) electrons. The highest BCUT2D eigenvalue weighted by atomic mass is 16.4. The predicted molar refractivity (Wildman–Crippen MR) is 109 cm³/mol. The summed E-state index contributed by atoms with van der Waals surface area (Å²) in [6.07, 6.45) is 0.746. The molecule has 1 atom stereocenters. The van der Waals surface area contributed by atoms with Crippen LogP contribution < -0.4 is 5.32 Å². The smallest absolute Gasteiger partial charge is 0.289 e. The number of nitrogens with one attached hydrogen (secondary N) is 1. The highest BCUT2D eigenvalue weighted by Gasteiger charge is 2.22. The van der Waals surface area contributed by atoms with Crippen molar-refractivity contribution < 1.29 is 14.0 Å². The maximum Gasteiger partial charge on any atom is 0.289 e. The van der Waals surface area contributed by atoms with Crippen molar-refractivity contribution in [1.29, 1.82) is 0 Å². The second-order valence-electron chi connectivity index (χ2n) is 6.66. The monoisotopic (exact) mass is 376 g/mol. The summed E-state index contributed by atoms with van der Waals surface area (Å²) < 4.78 is 5.58. The van der Waals surface area contributed by atoms with Crippen LogP contribution in [-0.4, -0.2) is 23.8 Å². The van der Waals surface area contributed by atoms with Crippen molar-refractivity contribution in [3.8, 4) is 0 Å². The molecule has 3 rings (SSSR count). The highest BCUT2D eigenvalue weighted by molar-refractivity contribution is 6.04. The maximum atomic E-state index is 12.7. The molecule has 0 bridgehead atoms. The second kappa shape index (κ2) is 8.57. The minimum Gasteiger partial charge on any atom is -0.456 e. The molecule has 28 heavy (non-hydrogen) atoms. The van der Waals surface area contributed by atoms with E-state index in [0.717, 1.165) is 17.7 Å². The number of benzene rings is 2. The summed E-state index contributed by atoms with van der Waals surface area (Å²) in [5.41, 5.74) is 2.20. The number of hydrogen-bond acceptors (Lipinski definition) is 3. The van der Waals surface area contributed by atoms with E-state index in [1.807, 2.05) is 62.4 Å². The SMILES string of the molecule is CCc1ccc(C(=O)N(C)C(C)c2cccc(NC(=O)c3ccccc3)c2)o1. The molecule has 0 spiro atoms. The molecule has 1 aromatic heterocycles. The lowest BCUT2D eigenvalue weighted by Gasteiger charge is -2.25. The van der Waals surface area contributed by atoms with Crippen LogP contribution >= 0.6 is 0 Å². The highest BCUT2D eigenvalue weighted by Crippen LogP contribution is 2.24. The Balaban J connectivity index is 1.73. The van der Waals surface area contributed by atoms with Crippen molar-refractivity contribution in [2.24, 2.45) is 0 Å². The van der Waals surface area contributed by atoms with Gasteiger partial charge < -0.3 is 14.6 Å². The van der Waals surface area contributed by atoms with E-state index in [-0.39, 0.29) is 17.9 Å². The van der Waals surface area contributed by atoms with E-state index in [4.69, 9.17) is 4.42 Å². The van der Waals surface area contributed by atoms with Crippen molar-refractivity contribution in [3.05, 3.63) is 89.4 Å². The summed E-state index contributed by atoms with van der Waals surface area (Å²) in [4.78, 5) is 26.7. The molecule has 5 nitrogen and oxygen atoms in total. The molecular formula is C23H24N2O3. The van der Waals surface area contributed by atoms with Gasteiger partial charge in [0.05, 0.1) is 6.04 Å². The van der Waals surface area contributed by atoms with Gasteiger partial charge in [-0.05, 0) is 48.9 Å². The lowest BCUT2D eigenvalue weighted by Crippen LogP contribution is -2.29. The van der Waals surface area contributed by atoms with Gasteiger partial charge in [-0.2, -0.15) is 0 Å². The molecule has 144 valence electrons. The van der Waals surface area contributed by atoms with Crippen LogP contribution in [0.25, 0.3) is 0 Å². The van der Waals surface area contributed by atoms with Gasteiger partial charge in [-0.1, -0.05) is 37.3 Å². The predicted octanol–water partition coefficient (Wildman–Crippen LogP) is 4.93. The topological polar surface area (TPSA) is 62.6 Å². The molecule has 0 aliphatic rings. The van der Waals surface area contributed by atoms with Gasteiger partial charge >= 0.3 is 0 Å². The van der Waals surface area contributed by atoms with Crippen LogP contribution in [0, 0.1) is 0 Å². The quantitative estimate of drug-likeness (QED) is 0.664. The first kappa shape index (κ1) is 19.4. The number of amides is 2. The molecule has 3 aromatic rings. The Morgan fingerprint density at radius 2 is 1.79 bits per heavy atom. The van der Waals surface area contributed by atoms with Gasteiger partial charge in [0.1, 0.15) is 5.76 Å². The summed E-state index contributed by atoms with van der Waals surface area (Å²) in [6.45, 7) is 3.92. The Morgan fingerprint density at radius 3 is 2.46 bits per heavy atom. The van der Waals surface area contributed by atoms with E-state index >= 15 is 0 Å². The van der Waals surface area contributed by atoms with E-state index < -0.39 is 0 Å². The van der Waals surface area contributed by atoms with Crippen LogP contribution in [0.5, 0.6) is 0 Å². The van der Waals surface area contributed by atoms with Crippen LogP contribution in [0.4, 0.5) is 5.69 Å². The number of nitrogens with zero attached hydrogens (tertiary/aromatic N) is 1. The fourth-order valence-corrected chi connectivity index (χ4v) is 2.93. The van der Waals surface area contributed by atoms with Gasteiger partial charge in [0.25, 0.3) is 11.8 Å². The Kier molecular flexibility index (Phi) is 5.94. The summed E-state index contributed by atoms with van der Waals surface area (Å²) in [5, 5.41) is 2.90.